The molecule has 2 atom stereocenters. The number of amides is 1. The summed E-state index contributed by atoms with van der Waals surface area (Å²) in [6, 6.07) is 10.7. The van der Waals surface area contributed by atoms with Crippen molar-refractivity contribution in [1.82, 2.24) is 5.32 Å². The Hall–Kier alpha value is -3.27. The molecule has 0 aliphatic rings. The molecular formula is C20H19BrN2O7. The molecule has 158 valence electrons. The quantitative estimate of drug-likeness (QED) is 0.351. The predicted octanol–water partition coefficient (Wildman–Crippen LogP) is 2.98. The van der Waals surface area contributed by atoms with E-state index in [0.717, 1.165) is 7.11 Å². The number of nitrogens with one attached hydrogen (secondary N) is 1. The van der Waals surface area contributed by atoms with Gasteiger partial charge in [-0.2, -0.15) is 0 Å². The molecule has 0 unspecified atom stereocenters. The Morgan fingerprint density at radius 2 is 1.77 bits per heavy atom. The van der Waals surface area contributed by atoms with Crippen molar-refractivity contribution < 1.29 is 28.8 Å². The molecule has 2 aromatic rings. The Morgan fingerprint density at radius 1 is 1.10 bits per heavy atom. The smallest absolute Gasteiger partial charge is 0.329 e. The number of nitro groups is 1. The van der Waals surface area contributed by atoms with Crippen LogP contribution in [0.4, 0.5) is 5.69 Å². The second-order valence-corrected chi connectivity index (χ2v) is 7.14. The standard InChI is InChI=1S/C20H19BrN2O7/c1-29-17(24)11-16(12-6-8-15(9-7-12)23(27)28)18(20(26)30-2)22-19(25)13-4-3-5-14(21)10-13/h3-10,16,18H,11H2,1-2H3,(H,22,25)/t16-,18+/m0/s1. The van der Waals surface area contributed by atoms with E-state index in [0.29, 0.717) is 15.6 Å². The largest absolute Gasteiger partial charge is 0.469 e. The summed E-state index contributed by atoms with van der Waals surface area (Å²) in [5.41, 5.74) is 0.568. The van der Waals surface area contributed by atoms with Gasteiger partial charge >= 0.3 is 11.9 Å². The van der Waals surface area contributed by atoms with Gasteiger partial charge in [0, 0.05) is 28.1 Å². The molecule has 10 heteroatoms. The van der Waals surface area contributed by atoms with Crippen molar-refractivity contribution in [2.45, 2.75) is 18.4 Å². The topological polar surface area (TPSA) is 125 Å². The van der Waals surface area contributed by atoms with Crippen LogP contribution in [0.25, 0.3) is 0 Å². The molecule has 0 saturated heterocycles. The van der Waals surface area contributed by atoms with E-state index in [1.807, 2.05) is 0 Å². The minimum Gasteiger partial charge on any atom is -0.469 e. The lowest BCUT2D eigenvalue weighted by molar-refractivity contribution is -0.384. The first-order valence-corrected chi connectivity index (χ1v) is 9.51. The first-order valence-electron chi connectivity index (χ1n) is 8.72. The number of benzene rings is 2. The van der Waals surface area contributed by atoms with Crippen molar-refractivity contribution in [2.24, 2.45) is 0 Å². The molecule has 0 spiro atoms. The summed E-state index contributed by atoms with van der Waals surface area (Å²) in [4.78, 5) is 47.6. The van der Waals surface area contributed by atoms with E-state index < -0.39 is 34.7 Å². The molecule has 0 radical (unpaired) electrons. The van der Waals surface area contributed by atoms with Crippen LogP contribution in [0.2, 0.25) is 0 Å². The zero-order valence-electron chi connectivity index (χ0n) is 16.2. The highest BCUT2D eigenvalue weighted by molar-refractivity contribution is 9.10. The molecule has 2 rings (SSSR count). The zero-order chi connectivity index (χ0) is 22.3. The summed E-state index contributed by atoms with van der Waals surface area (Å²) in [6.45, 7) is 0. The van der Waals surface area contributed by atoms with Gasteiger partial charge in [0.15, 0.2) is 0 Å². The molecular weight excluding hydrogens is 460 g/mol. The van der Waals surface area contributed by atoms with Crippen molar-refractivity contribution >= 4 is 39.5 Å². The lowest BCUT2D eigenvalue weighted by Gasteiger charge is -2.26. The van der Waals surface area contributed by atoms with Crippen molar-refractivity contribution in [1.29, 1.82) is 0 Å². The number of ether oxygens (including phenoxy) is 2. The van der Waals surface area contributed by atoms with Gasteiger partial charge in [0.25, 0.3) is 11.6 Å². The van der Waals surface area contributed by atoms with Gasteiger partial charge in [-0.15, -0.1) is 0 Å². The number of esters is 2. The average molecular weight is 479 g/mol. The third-order valence-corrected chi connectivity index (χ3v) is 4.87. The number of nitrogens with zero attached hydrogens (tertiary/aromatic N) is 1. The van der Waals surface area contributed by atoms with E-state index in [-0.39, 0.29) is 12.1 Å². The van der Waals surface area contributed by atoms with Crippen molar-refractivity contribution in [3.8, 4) is 0 Å². The normalized spacial score (nSPS) is 12.4. The minimum atomic E-state index is -1.23. The first kappa shape index (κ1) is 23.0. The Balaban J connectivity index is 2.42. The first-order chi connectivity index (χ1) is 14.3. The SMILES string of the molecule is COC(=O)C[C@@H](c1ccc([N+](=O)[O-])cc1)[C@@H](NC(=O)c1cccc(Br)c1)C(=O)OC. The number of non-ortho nitro benzene ring substituents is 1. The van der Waals surface area contributed by atoms with Crippen molar-refractivity contribution in [2.75, 3.05) is 14.2 Å². The van der Waals surface area contributed by atoms with Crippen molar-refractivity contribution in [3.05, 3.63) is 74.2 Å². The number of carbonyl (C=O) groups excluding carboxylic acids is 3. The lowest BCUT2D eigenvalue weighted by atomic mass is 9.88. The fourth-order valence-electron chi connectivity index (χ4n) is 2.84. The summed E-state index contributed by atoms with van der Waals surface area (Å²) in [5.74, 6) is -2.82. The Labute approximate surface area is 180 Å². The Morgan fingerprint density at radius 3 is 2.30 bits per heavy atom. The fraction of sp³-hybridized carbons (Fsp3) is 0.250. The van der Waals surface area contributed by atoms with Crippen LogP contribution in [0.5, 0.6) is 0 Å². The number of nitro benzene ring substituents is 1. The fourth-order valence-corrected chi connectivity index (χ4v) is 3.24. The van der Waals surface area contributed by atoms with Crippen LogP contribution in [0.3, 0.4) is 0 Å². The maximum atomic E-state index is 12.7. The summed E-state index contributed by atoms with van der Waals surface area (Å²) in [5, 5.41) is 13.5. The van der Waals surface area contributed by atoms with Crippen LogP contribution in [0.15, 0.2) is 53.0 Å². The van der Waals surface area contributed by atoms with Crippen LogP contribution < -0.4 is 5.32 Å². The highest BCUT2D eigenvalue weighted by Crippen LogP contribution is 2.27. The Bertz CT molecular complexity index is 946. The van der Waals surface area contributed by atoms with Crippen molar-refractivity contribution in [3.63, 3.8) is 0 Å². The van der Waals surface area contributed by atoms with E-state index in [9.17, 15) is 24.5 Å². The van der Waals surface area contributed by atoms with Crippen LogP contribution in [-0.2, 0) is 19.1 Å². The molecule has 1 N–H and O–H groups in total. The highest BCUT2D eigenvalue weighted by atomic mass is 79.9. The van der Waals surface area contributed by atoms with Gasteiger partial charge in [-0.1, -0.05) is 34.1 Å². The Kier molecular flexibility index (Phi) is 8.05. The second-order valence-electron chi connectivity index (χ2n) is 6.22. The van der Waals surface area contributed by atoms with E-state index in [1.165, 1.54) is 31.4 Å². The molecule has 9 nitrogen and oxygen atoms in total. The van der Waals surface area contributed by atoms with Gasteiger partial charge in [-0.3, -0.25) is 19.7 Å². The van der Waals surface area contributed by atoms with Crippen LogP contribution in [-0.4, -0.2) is 43.0 Å². The van der Waals surface area contributed by atoms with E-state index in [4.69, 9.17) is 9.47 Å². The van der Waals surface area contributed by atoms with Gasteiger partial charge < -0.3 is 14.8 Å². The summed E-state index contributed by atoms with van der Waals surface area (Å²) >= 11 is 3.28. The molecule has 30 heavy (non-hydrogen) atoms. The predicted molar refractivity (Wildman–Crippen MR) is 110 cm³/mol. The number of methoxy groups -OCH3 is 2. The number of hydrogen-bond acceptors (Lipinski definition) is 7. The number of carbonyl (C=O) groups is 3. The maximum Gasteiger partial charge on any atom is 0.329 e. The summed E-state index contributed by atoms with van der Waals surface area (Å²) in [6.07, 6.45) is -0.257. The molecule has 0 aliphatic carbocycles. The maximum absolute atomic E-state index is 12.7. The summed E-state index contributed by atoms with van der Waals surface area (Å²) < 4.78 is 10.2. The monoisotopic (exact) mass is 478 g/mol. The molecule has 0 saturated carbocycles. The third kappa shape index (κ3) is 5.86. The van der Waals surface area contributed by atoms with E-state index in [2.05, 4.69) is 21.2 Å². The number of halogens is 1. The van der Waals surface area contributed by atoms with E-state index in [1.54, 1.807) is 24.3 Å². The van der Waals surface area contributed by atoms with Gasteiger partial charge in [-0.25, -0.2) is 4.79 Å². The third-order valence-electron chi connectivity index (χ3n) is 4.38. The van der Waals surface area contributed by atoms with Gasteiger partial charge in [0.1, 0.15) is 6.04 Å². The molecule has 0 fully saturated rings. The lowest BCUT2D eigenvalue weighted by Crippen LogP contribution is -2.46. The van der Waals surface area contributed by atoms with Crippen LogP contribution in [0.1, 0.15) is 28.3 Å². The van der Waals surface area contributed by atoms with Crippen LogP contribution >= 0.6 is 15.9 Å². The number of hydrogen-bond donors (Lipinski definition) is 1. The molecule has 0 aromatic heterocycles. The molecule has 0 heterocycles. The molecule has 1 amide bonds. The molecule has 2 aromatic carbocycles. The molecule has 0 bridgehead atoms. The van der Waals surface area contributed by atoms with Gasteiger partial charge in [0.05, 0.1) is 25.6 Å². The highest BCUT2D eigenvalue weighted by Gasteiger charge is 2.34. The minimum absolute atomic E-state index is 0.150. The number of rotatable bonds is 8. The zero-order valence-corrected chi connectivity index (χ0v) is 17.7. The van der Waals surface area contributed by atoms with Gasteiger partial charge in [0.2, 0.25) is 0 Å². The van der Waals surface area contributed by atoms with E-state index >= 15 is 0 Å². The second kappa shape index (κ2) is 10.5. The van der Waals surface area contributed by atoms with Gasteiger partial charge in [-0.05, 0) is 23.8 Å². The van der Waals surface area contributed by atoms with Crippen LogP contribution in [0, 0.1) is 10.1 Å². The molecule has 0 aliphatic heterocycles. The summed E-state index contributed by atoms with van der Waals surface area (Å²) in [7, 11) is 2.36. The average Bonchev–Trinajstić information content (AvgIpc) is 2.75.